The molecule has 0 spiro atoms. The van der Waals surface area contributed by atoms with Crippen LogP contribution in [-0.4, -0.2) is 53.5 Å². The van der Waals surface area contributed by atoms with Gasteiger partial charge in [0.05, 0.1) is 25.8 Å². The van der Waals surface area contributed by atoms with E-state index in [0.29, 0.717) is 41.9 Å². The van der Waals surface area contributed by atoms with Crippen molar-refractivity contribution < 1.29 is 34.1 Å². The van der Waals surface area contributed by atoms with E-state index in [0.717, 1.165) is 0 Å². The number of likely N-dealkylation sites (tertiary alicyclic amines) is 1. The summed E-state index contributed by atoms with van der Waals surface area (Å²) in [5.74, 6) is -1.69. The summed E-state index contributed by atoms with van der Waals surface area (Å²) < 4.78 is 10.8. The molecule has 0 aliphatic carbocycles. The van der Waals surface area contributed by atoms with E-state index in [-0.39, 0.29) is 24.3 Å². The van der Waals surface area contributed by atoms with Crippen LogP contribution in [0.5, 0.6) is 11.5 Å². The Labute approximate surface area is 192 Å². The fraction of sp³-hybridized carbons (Fsp3) is 0.320. The molecule has 0 radical (unpaired) electrons. The summed E-state index contributed by atoms with van der Waals surface area (Å²) in [5, 5.41) is 19.9. The summed E-state index contributed by atoms with van der Waals surface area (Å²) in [5.41, 5.74) is 0.908. The molecule has 2 N–H and O–H groups in total. The predicted molar refractivity (Wildman–Crippen MR) is 121 cm³/mol. The third-order valence-electron chi connectivity index (χ3n) is 5.61. The molecule has 2 aromatic carbocycles. The third kappa shape index (κ3) is 5.16. The number of aliphatic carboxylic acids is 1. The average molecular weight is 453 g/mol. The van der Waals surface area contributed by atoms with Gasteiger partial charge < -0.3 is 24.6 Å². The molecule has 8 heteroatoms. The first-order chi connectivity index (χ1) is 15.9. The number of carboxylic acids is 1. The fourth-order valence-electron chi connectivity index (χ4n) is 3.97. The van der Waals surface area contributed by atoms with Crippen molar-refractivity contribution in [2.24, 2.45) is 0 Å². The molecular formula is C25H27NO7. The van der Waals surface area contributed by atoms with Gasteiger partial charge in [0, 0.05) is 24.1 Å². The van der Waals surface area contributed by atoms with Gasteiger partial charge in [0.15, 0.2) is 0 Å². The first-order valence-corrected chi connectivity index (χ1v) is 10.7. The number of unbranched alkanes of at least 4 members (excludes halogenated alkanes) is 2. The Hall–Kier alpha value is -3.81. The first kappa shape index (κ1) is 23.8. The topological polar surface area (TPSA) is 113 Å². The van der Waals surface area contributed by atoms with Crippen molar-refractivity contribution in [2.75, 3.05) is 20.8 Å². The molecule has 1 fully saturated rings. The minimum atomic E-state index is -0.880. The van der Waals surface area contributed by atoms with Gasteiger partial charge in [0.1, 0.15) is 17.3 Å². The highest BCUT2D eigenvalue weighted by Gasteiger charge is 2.46. The lowest BCUT2D eigenvalue weighted by atomic mass is 9.94. The van der Waals surface area contributed by atoms with E-state index in [1.54, 1.807) is 48.5 Å². The monoisotopic (exact) mass is 453 g/mol. The zero-order valence-electron chi connectivity index (χ0n) is 18.6. The Morgan fingerprint density at radius 2 is 1.70 bits per heavy atom. The Balaban J connectivity index is 2.07. The number of methoxy groups -OCH3 is 2. The van der Waals surface area contributed by atoms with Gasteiger partial charge in [-0.2, -0.15) is 0 Å². The highest BCUT2D eigenvalue weighted by atomic mass is 16.5. The molecule has 1 aliphatic heterocycles. The molecule has 0 bridgehead atoms. The summed E-state index contributed by atoms with van der Waals surface area (Å²) in [7, 11) is 3.00. The summed E-state index contributed by atoms with van der Waals surface area (Å²) >= 11 is 0. The van der Waals surface area contributed by atoms with Crippen LogP contribution in [0.2, 0.25) is 0 Å². The Morgan fingerprint density at radius 3 is 2.33 bits per heavy atom. The van der Waals surface area contributed by atoms with Gasteiger partial charge in [0.2, 0.25) is 0 Å². The number of rotatable bonds is 10. The quantitative estimate of drug-likeness (QED) is 0.244. The van der Waals surface area contributed by atoms with Crippen molar-refractivity contribution in [3.63, 3.8) is 0 Å². The van der Waals surface area contributed by atoms with Crippen LogP contribution in [0, 0.1) is 0 Å². The van der Waals surface area contributed by atoms with Crippen LogP contribution >= 0.6 is 0 Å². The van der Waals surface area contributed by atoms with Crippen LogP contribution in [0.4, 0.5) is 0 Å². The lowest BCUT2D eigenvalue weighted by molar-refractivity contribution is -0.140. The fourth-order valence-corrected chi connectivity index (χ4v) is 3.97. The first-order valence-electron chi connectivity index (χ1n) is 10.7. The Kier molecular flexibility index (Phi) is 7.71. The maximum atomic E-state index is 13.1. The number of hydrogen-bond acceptors (Lipinski definition) is 6. The third-order valence-corrected chi connectivity index (χ3v) is 5.61. The number of amides is 1. The largest absolute Gasteiger partial charge is 0.507 e. The number of aliphatic hydroxyl groups is 1. The smallest absolute Gasteiger partial charge is 0.303 e. The number of benzene rings is 2. The molecule has 8 nitrogen and oxygen atoms in total. The molecule has 2 aromatic rings. The molecule has 1 aliphatic rings. The number of carboxylic acid groups (broad SMARTS) is 1. The molecule has 3 rings (SSSR count). The van der Waals surface area contributed by atoms with Crippen LogP contribution in [0.15, 0.2) is 54.1 Å². The van der Waals surface area contributed by atoms with Crippen molar-refractivity contribution in [1.29, 1.82) is 0 Å². The highest BCUT2D eigenvalue weighted by Crippen LogP contribution is 2.44. The molecule has 0 saturated carbocycles. The SMILES string of the molecule is COc1ccc(OC)c(C2C(=C(O)c3ccccc3)C(=O)C(=O)N2CCCCCC(=O)O)c1. The lowest BCUT2D eigenvalue weighted by Crippen LogP contribution is -2.31. The second kappa shape index (κ2) is 10.7. The van der Waals surface area contributed by atoms with E-state index in [9.17, 15) is 19.5 Å². The Bertz CT molecular complexity index is 1060. The van der Waals surface area contributed by atoms with Gasteiger partial charge in [-0.05, 0) is 31.0 Å². The van der Waals surface area contributed by atoms with Crippen molar-refractivity contribution in [1.82, 2.24) is 4.90 Å². The normalized spacial score (nSPS) is 17.3. The van der Waals surface area contributed by atoms with Gasteiger partial charge in [-0.25, -0.2) is 0 Å². The number of ether oxygens (including phenoxy) is 2. The van der Waals surface area contributed by atoms with Gasteiger partial charge in [-0.3, -0.25) is 14.4 Å². The molecule has 1 amide bonds. The number of aliphatic hydroxyl groups excluding tert-OH is 1. The van der Waals surface area contributed by atoms with Crippen molar-refractivity contribution in [3.8, 4) is 11.5 Å². The van der Waals surface area contributed by atoms with Crippen molar-refractivity contribution in [2.45, 2.75) is 31.7 Å². The second-order valence-corrected chi connectivity index (χ2v) is 7.67. The zero-order chi connectivity index (χ0) is 24.0. The zero-order valence-corrected chi connectivity index (χ0v) is 18.6. The number of hydrogen-bond donors (Lipinski definition) is 2. The van der Waals surface area contributed by atoms with Crippen LogP contribution in [0.25, 0.3) is 5.76 Å². The Morgan fingerprint density at radius 1 is 0.970 bits per heavy atom. The van der Waals surface area contributed by atoms with E-state index in [2.05, 4.69) is 0 Å². The number of carbonyl (C=O) groups is 3. The van der Waals surface area contributed by atoms with E-state index in [1.807, 2.05) is 0 Å². The van der Waals surface area contributed by atoms with Crippen LogP contribution < -0.4 is 9.47 Å². The molecule has 1 saturated heterocycles. The van der Waals surface area contributed by atoms with Gasteiger partial charge in [-0.15, -0.1) is 0 Å². The molecule has 1 atom stereocenters. The molecule has 1 heterocycles. The molecule has 0 aromatic heterocycles. The van der Waals surface area contributed by atoms with Crippen LogP contribution in [0.1, 0.15) is 42.9 Å². The minimum absolute atomic E-state index is 0.0247. The molecule has 1 unspecified atom stereocenters. The van der Waals surface area contributed by atoms with E-state index in [1.165, 1.54) is 19.1 Å². The van der Waals surface area contributed by atoms with Crippen molar-refractivity contribution in [3.05, 3.63) is 65.2 Å². The number of Topliss-reactive ketones (excluding diaryl/α,β-unsaturated/α-hetero) is 1. The van der Waals surface area contributed by atoms with Crippen LogP contribution in [-0.2, 0) is 14.4 Å². The standard InChI is InChI=1S/C25H27NO7/c1-32-17-12-13-19(33-2)18(15-17)22-21(23(29)16-9-5-3-6-10-16)24(30)25(31)26(22)14-8-4-7-11-20(27)28/h3,5-6,9-10,12-13,15,22,29H,4,7-8,11,14H2,1-2H3,(H,27,28). The highest BCUT2D eigenvalue weighted by molar-refractivity contribution is 6.46. The number of ketones is 1. The van der Waals surface area contributed by atoms with Gasteiger partial charge in [0.25, 0.3) is 11.7 Å². The maximum absolute atomic E-state index is 13.1. The summed E-state index contributed by atoms with van der Waals surface area (Å²) in [6.45, 7) is 0.223. The summed E-state index contributed by atoms with van der Waals surface area (Å²) in [4.78, 5) is 38.3. The van der Waals surface area contributed by atoms with Gasteiger partial charge >= 0.3 is 5.97 Å². The van der Waals surface area contributed by atoms with Crippen molar-refractivity contribution >= 4 is 23.4 Å². The lowest BCUT2D eigenvalue weighted by Gasteiger charge is -2.27. The average Bonchev–Trinajstić information content (AvgIpc) is 3.08. The second-order valence-electron chi connectivity index (χ2n) is 7.67. The van der Waals surface area contributed by atoms with E-state index < -0.39 is 23.7 Å². The number of carbonyl (C=O) groups excluding carboxylic acids is 2. The van der Waals surface area contributed by atoms with E-state index in [4.69, 9.17) is 14.6 Å². The summed E-state index contributed by atoms with van der Waals surface area (Å²) in [6, 6.07) is 12.8. The number of nitrogens with zero attached hydrogens (tertiary/aromatic N) is 1. The minimum Gasteiger partial charge on any atom is -0.507 e. The van der Waals surface area contributed by atoms with Gasteiger partial charge in [-0.1, -0.05) is 36.8 Å². The maximum Gasteiger partial charge on any atom is 0.303 e. The predicted octanol–water partition coefficient (Wildman–Crippen LogP) is 3.77. The van der Waals surface area contributed by atoms with E-state index >= 15 is 0 Å². The molecule has 174 valence electrons. The summed E-state index contributed by atoms with van der Waals surface area (Å²) in [6.07, 6.45) is 1.60. The van der Waals surface area contributed by atoms with Crippen LogP contribution in [0.3, 0.4) is 0 Å². The molecular weight excluding hydrogens is 426 g/mol. The molecule has 33 heavy (non-hydrogen) atoms.